The summed E-state index contributed by atoms with van der Waals surface area (Å²) in [6.07, 6.45) is 1.45. The molecule has 30 heavy (non-hydrogen) atoms. The highest BCUT2D eigenvalue weighted by molar-refractivity contribution is 5.80. The van der Waals surface area contributed by atoms with E-state index in [1.807, 2.05) is 12.1 Å². The van der Waals surface area contributed by atoms with Crippen LogP contribution in [0.15, 0.2) is 29.3 Å². The maximum Gasteiger partial charge on any atom is 0.191 e. The molecule has 7 heteroatoms. The van der Waals surface area contributed by atoms with Crippen molar-refractivity contribution in [2.75, 3.05) is 46.0 Å². The molecule has 2 aliphatic heterocycles. The van der Waals surface area contributed by atoms with E-state index in [2.05, 4.69) is 36.3 Å². The first-order chi connectivity index (χ1) is 14.5. The Labute approximate surface area is 179 Å². The van der Waals surface area contributed by atoms with Gasteiger partial charge in [0.2, 0.25) is 0 Å². The molecule has 1 aromatic carbocycles. The Morgan fingerprint density at radius 1 is 1.23 bits per heavy atom. The van der Waals surface area contributed by atoms with E-state index in [-0.39, 0.29) is 17.3 Å². The van der Waals surface area contributed by atoms with E-state index in [1.165, 1.54) is 12.1 Å². The van der Waals surface area contributed by atoms with Crippen LogP contribution in [0.4, 0.5) is 4.39 Å². The lowest BCUT2D eigenvalue weighted by atomic mass is 9.57. The van der Waals surface area contributed by atoms with Crippen molar-refractivity contribution < 1.29 is 13.9 Å². The summed E-state index contributed by atoms with van der Waals surface area (Å²) in [5.41, 5.74) is 1.18. The van der Waals surface area contributed by atoms with E-state index < -0.39 is 0 Å². The van der Waals surface area contributed by atoms with Gasteiger partial charge in [-0.25, -0.2) is 4.39 Å². The van der Waals surface area contributed by atoms with Gasteiger partial charge in [-0.3, -0.25) is 9.89 Å². The van der Waals surface area contributed by atoms with Crippen molar-refractivity contribution in [2.45, 2.75) is 45.4 Å². The zero-order chi connectivity index (χ0) is 21.1. The monoisotopic (exact) mass is 418 g/mol. The molecule has 3 fully saturated rings. The number of nitrogens with zero attached hydrogens (tertiary/aromatic N) is 2. The predicted octanol–water partition coefficient (Wildman–Crippen LogP) is 2.57. The lowest BCUT2D eigenvalue weighted by molar-refractivity contribution is -0.106. The lowest BCUT2D eigenvalue weighted by Crippen LogP contribution is -2.68. The Bertz CT molecular complexity index is 733. The SMILES string of the molecule is CCNC(=NCC(c1ccc(F)cc1)N1CCOCC1)NC1C2CCOC2C1(C)C. The summed E-state index contributed by atoms with van der Waals surface area (Å²) >= 11 is 0. The van der Waals surface area contributed by atoms with Gasteiger partial charge in [0.15, 0.2) is 5.96 Å². The third-order valence-electron chi connectivity index (χ3n) is 6.90. The molecule has 0 aromatic heterocycles. The Balaban J connectivity index is 1.50. The molecule has 1 aliphatic carbocycles. The van der Waals surface area contributed by atoms with Gasteiger partial charge in [-0.15, -0.1) is 0 Å². The van der Waals surface area contributed by atoms with E-state index >= 15 is 0 Å². The summed E-state index contributed by atoms with van der Waals surface area (Å²) in [7, 11) is 0. The number of morpholine rings is 1. The van der Waals surface area contributed by atoms with Gasteiger partial charge >= 0.3 is 0 Å². The normalized spacial score (nSPS) is 29.7. The van der Waals surface area contributed by atoms with E-state index in [4.69, 9.17) is 14.5 Å². The van der Waals surface area contributed by atoms with Crippen LogP contribution in [0.1, 0.15) is 38.8 Å². The van der Waals surface area contributed by atoms with Crippen molar-refractivity contribution in [3.8, 4) is 0 Å². The number of fused-ring (bicyclic) bond motifs is 1. The van der Waals surface area contributed by atoms with Crippen molar-refractivity contribution >= 4 is 5.96 Å². The zero-order valence-electron chi connectivity index (χ0n) is 18.4. The number of hydrogen-bond acceptors (Lipinski definition) is 4. The highest BCUT2D eigenvalue weighted by atomic mass is 19.1. The molecule has 1 aromatic rings. The molecule has 2 saturated heterocycles. The van der Waals surface area contributed by atoms with Gasteiger partial charge in [-0.1, -0.05) is 26.0 Å². The van der Waals surface area contributed by atoms with Crippen molar-refractivity contribution in [3.63, 3.8) is 0 Å². The molecular formula is C23H35FN4O2. The molecule has 2 N–H and O–H groups in total. The van der Waals surface area contributed by atoms with Gasteiger partial charge in [0.25, 0.3) is 0 Å². The second-order valence-electron chi connectivity index (χ2n) is 9.12. The van der Waals surface area contributed by atoms with Crippen LogP contribution >= 0.6 is 0 Å². The van der Waals surface area contributed by atoms with E-state index in [9.17, 15) is 4.39 Å². The molecule has 4 rings (SSSR count). The maximum atomic E-state index is 13.5. The van der Waals surface area contributed by atoms with Gasteiger partial charge in [0, 0.05) is 43.6 Å². The summed E-state index contributed by atoms with van der Waals surface area (Å²) in [6, 6.07) is 7.28. The minimum Gasteiger partial charge on any atom is -0.379 e. The molecular weight excluding hydrogens is 383 g/mol. The summed E-state index contributed by atoms with van der Waals surface area (Å²) < 4.78 is 25.0. The summed E-state index contributed by atoms with van der Waals surface area (Å²) in [5, 5.41) is 7.10. The van der Waals surface area contributed by atoms with Crippen LogP contribution in [0.3, 0.4) is 0 Å². The van der Waals surface area contributed by atoms with Crippen LogP contribution in [-0.2, 0) is 9.47 Å². The topological polar surface area (TPSA) is 58.1 Å². The number of halogens is 1. The molecule has 6 nitrogen and oxygen atoms in total. The van der Waals surface area contributed by atoms with E-state index in [1.54, 1.807) is 0 Å². The van der Waals surface area contributed by atoms with Crippen LogP contribution in [0.25, 0.3) is 0 Å². The first kappa shape index (κ1) is 21.5. The van der Waals surface area contributed by atoms with Crippen molar-refractivity contribution in [1.29, 1.82) is 0 Å². The minimum atomic E-state index is -0.210. The zero-order valence-corrected chi connectivity index (χ0v) is 18.4. The van der Waals surface area contributed by atoms with Gasteiger partial charge in [-0.2, -0.15) is 0 Å². The first-order valence-corrected chi connectivity index (χ1v) is 11.2. The lowest BCUT2D eigenvalue weighted by Gasteiger charge is -2.55. The van der Waals surface area contributed by atoms with Crippen molar-refractivity contribution in [2.24, 2.45) is 16.3 Å². The Hall–Kier alpha value is -1.70. The van der Waals surface area contributed by atoms with Crippen LogP contribution in [0.2, 0.25) is 0 Å². The number of rotatable bonds is 6. The van der Waals surface area contributed by atoms with E-state index in [0.29, 0.717) is 24.6 Å². The fraction of sp³-hybridized carbons (Fsp3) is 0.696. The number of ether oxygens (including phenoxy) is 2. The smallest absolute Gasteiger partial charge is 0.191 e. The highest BCUT2D eigenvalue weighted by Crippen LogP contribution is 2.52. The summed E-state index contributed by atoms with van der Waals surface area (Å²) in [6.45, 7) is 12.1. The standard InChI is InChI=1S/C23H35FN4O2/c1-4-25-22(27-20-18-9-12-30-21(18)23(20,2)3)26-15-19(28-10-13-29-14-11-28)16-5-7-17(24)8-6-16/h5-8,18-21H,4,9-15H2,1-3H3,(H2,25,26,27). The second-order valence-corrected chi connectivity index (χ2v) is 9.12. The van der Waals surface area contributed by atoms with Crippen LogP contribution in [0.5, 0.6) is 0 Å². The third kappa shape index (κ3) is 4.34. The molecule has 4 unspecified atom stereocenters. The minimum absolute atomic E-state index is 0.0952. The number of aliphatic imine (C=N–C) groups is 1. The fourth-order valence-electron chi connectivity index (χ4n) is 5.27. The highest BCUT2D eigenvalue weighted by Gasteiger charge is 2.59. The van der Waals surface area contributed by atoms with Crippen molar-refractivity contribution in [3.05, 3.63) is 35.6 Å². The maximum absolute atomic E-state index is 13.5. The fourth-order valence-corrected chi connectivity index (χ4v) is 5.27. The second kappa shape index (κ2) is 9.20. The van der Waals surface area contributed by atoms with Crippen LogP contribution in [-0.4, -0.2) is 69.0 Å². The van der Waals surface area contributed by atoms with Crippen LogP contribution < -0.4 is 10.6 Å². The van der Waals surface area contributed by atoms with Crippen LogP contribution in [0, 0.1) is 17.2 Å². The molecule has 0 spiro atoms. The molecule has 0 bridgehead atoms. The molecule has 0 amide bonds. The number of benzene rings is 1. The Morgan fingerprint density at radius 3 is 2.67 bits per heavy atom. The van der Waals surface area contributed by atoms with E-state index in [0.717, 1.165) is 57.4 Å². The van der Waals surface area contributed by atoms with Gasteiger partial charge < -0.3 is 20.1 Å². The molecule has 166 valence electrons. The average Bonchev–Trinajstić information content (AvgIpc) is 3.21. The molecule has 1 saturated carbocycles. The summed E-state index contributed by atoms with van der Waals surface area (Å²) in [4.78, 5) is 7.35. The van der Waals surface area contributed by atoms with Gasteiger partial charge in [-0.05, 0) is 31.0 Å². The largest absolute Gasteiger partial charge is 0.379 e. The molecule has 3 aliphatic rings. The first-order valence-electron chi connectivity index (χ1n) is 11.2. The summed E-state index contributed by atoms with van der Waals surface area (Å²) in [5.74, 6) is 1.19. The Kier molecular flexibility index (Phi) is 6.60. The molecule has 0 radical (unpaired) electrons. The number of guanidine groups is 1. The van der Waals surface area contributed by atoms with Gasteiger partial charge in [0.1, 0.15) is 5.82 Å². The third-order valence-corrected chi connectivity index (χ3v) is 6.90. The predicted molar refractivity (Wildman–Crippen MR) is 116 cm³/mol. The molecule has 2 heterocycles. The number of nitrogens with one attached hydrogen (secondary N) is 2. The number of hydrogen-bond donors (Lipinski definition) is 2. The molecule has 4 atom stereocenters. The Morgan fingerprint density at radius 2 is 1.97 bits per heavy atom. The average molecular weight is 419 g/mol. The van der Waals surface area contributed by atoms with Crippen molar-refractivity contribution in [1.82, 2.24) is 15.5 Å². The quantitative estimate of drug-likeness (QED) is 0.549. The van der Waals surface area contributed by atoms with Gasteiger partial charge in [0.05, 0.1) is 31.9 Å².